The highest BCUT2D eigenvalue weighted by atomic mass is 32.2. The van der Waals surface area contributed by atoms with Crippen LogP contribution < -0.4 is 0 Å². The van der Waals surface area contributed by atoms with E-state index in [4.69, 9.17) is 4.74 Å². The summed E-state index contributed by atoms with van der Waals surface area (Å²) < 4.78 is 45.6. The largest absolute Gasteiger partial charge is 0.378 e. The van der Waals surface area contributed by atoms with Gasteiger partial charge in [0.05, 0.1) is 17.9 Å². The van der Waals surface area contributed by atoms with Gasteiger partial charge in [0.15, 0.2) is 0 Å². The fourth-order valence-electron chi connectivity index (χ4n) is 3.32. The molecule has 0 amide bonds. The minimum atomic E-state index is -3.35. The lowest BCUT2D eigenvalue weighted by Crippen LogP contribution is -2.35. The highest BCUT2D eigenvalue weighted by Crippen LogP contribution is 2.45. The third kappa shape index (κ3) is 4.11. The summed E-state index contributed by atoms with van der Waals surface area (Å²) in [6.07, 6.45) is 4.63. The van der Waals surface area contributed by atoms with Crippen LogP contribution >= 0.6 is 0 Å². The van der Waals surface area contributed by atoms with Gasteiger partial charge in [0.2, 0.25) is 10.0 Å². The zero-order valence-corrected chi connectivity index (χ0v) is 14.3. The first-order valence-corrected chi connectivity index (χ1v) is 9.91. The van der Waals surface area contributed by atoms with Crippen molar-refractivity contribution >= 4 is 10.0 Å². The summed E-state index contributed by atoms with van der Waals surface area (Å²) >= 11 is 0. The van der Waals surface area contributed by atoms with Crippen molar-refractivity contribution in [2.75, 3.05) is 19.4 Å². The van der Waals surface area contributed by atoms with Crippen LogP contribution in [0.3, 0.4) is 0 Å². The van der Waals surface area contributed by atoms with Crippen LogP contribution in [0.5, 0.6) is 0 Å². The van der Waals surface area contributed by atoms with Gasteiger partial charge in [0.1, 0.15) is 5.82 Å². The van der Waals surface area contributed by atoms with Crippen LogP contribution in [0.25, 0.3) is 0 Å². The molecule has 0 N–H and O–H groups in total. The Hall–Kier alpha value is -0.980. The van der Waals surface area contributed by atoms with E-state index in [1.54, 1.807) is 19.2 Å². The molecule has 2 atom stereocenters. The molecular weight excluding hydrogens is 317 g/mol. The average Bonchev–Trinajstić information content (AvgIpc) is 3.21. The zero-order valence-electron chi connectivity index (χ0n) is 13.4. The topological polar surface area (TPSA) is 46.6 Å². The van der Waals surface area contributed by atoms with Crippen LogP contribution in [0.4, 0.5) is 4.39 Å². The molecule has 1 aliphatic carbocycles. The Bertz CT molecular complexity index is 622. The molecule has 1 saturated heterocycles. The number of sulfonamides is 1. The Morgan fingerprint density at radius 1 is 1.26 bits per heavy atom. The highest BCUT2D eigenvalue weighted by molar-refractivity contribution is 7.89. The predicted molar refractivity (Wildman–Crippen MR) is 87.0 cm³/mol. The monoisotopic (exact) mass is 341 g/mol. The molecular formula is C17H24FNO3S. The van der Waals surface area contributed by atoms with E-state index < -0.39 is 10.0 Å². The van der Waals surface area contributed by atoms with E-state index in [0.29, 0.717) is 12.3 Å². The number of rotatable bonds is 7. The van der Waals surface area contributed by atoms with Gasteiger partial charge in [-0.15, -0.1) is 0 Å². The smallest absolute Gasteiger partial charge is 0.214 e. The first kappa shape index (κ1) is 16.9. The molecule has 2 fully saturated rings. The lowest BCUT2D eigenvalue weighted by molar-refractivity contribution is 0.108. The highest BCUT2D eigenvalue weighted by Gasteiger charge is 2.39. The number of hydrogen-bond acceptors (Lipinski definition) is 3. The summed E-state index contributed by atoms with van der Waals surface area (Å²) in [5.74, 6) is 0.147. The molecule has 23 heavy (non-hydrogen) atoms. The summed E-state index contributed by atoms with van der Waals surface area (Å²) in [7, 11) is -1.70. The number of ether oxygens (including phenoxy) is 1. The van der Waals surface area contributed by atoms with Crippen molar-refractivity contribution in [1.82, 2.24) is 4.31 Å². The van der Waals surface area contributed by atoms with Gasteiger partial charge in [0, 0.05) is 13.7 Å². The molecule has 2 unspecified atom stereocenters. The first-order chi connectivity index (χ1) is 11.0. The molecule has 3 rings (SSSR count). The molecule has 0 aromatic heterocycles. The Morgan fingerprint density at radius 2 is 1.96 bits per heavy atom. The molecule has 2 aliphatic rings. The van der Waals surface area contributed by atoms with E-state index in [1.165, 1.54) is 16.4 Å². The summed E-state index contributed by atoms with van der Waals surface area (Å²) in [5, 5.41) is 0. The molecule has 1 heterocycles. The third-order valence-corrected chi connectivity index (χ3v) is 6.69. The second-order valence-corrected chi connectivity index (χ2v) is 8.74. The SMILES string of the molecule is CN(C(c1ccc(F)cc1)C1CC1)S(=O)(=O)CCC1CCCO1. The fraction of sp³-hybridized carbons (Fsp3) is 0.647. The number of benzene rings is 1. The van der Waals surface area contributed by atoms with Crippen molar-refractivity contribution in [2.24, 2.45) is 5.92 Å². The molecule has 1 saturated carbocycles. The molecule has 128 valence electrons. The Labute approximate surface area is 137 Å². The maximum Gasteiger partial charge on any atom is 0.214 e. The van der Waals surface area contributed by atoms with Gasteiger partial charge >= 0.3 is 0 Å². The normalized spacial score (nSPS) is 23.3. The van der Waals surface area contributed by atoms with Crippen molar-refractivity contribution in [3.05, 3.63) is 35.6 Å². The molecule has 1 aromatic rings. The lowest BCUT2D eigenvalue weighted by Gasteiger charge is -2.28. The minimum Gasteiger partial charge on any atom is -0.378 e. The van der Waals surface area contributed by atoms with Gasteiger partial charge < -0.3 is 4.74 Å². The Morgan fingerprint density at radius 3 is 2.52 bits per heavy atom. The second-order valence-electron chi connectivity index (χ2n) is 6.59. The Kier molecular flexibility index (Phi) is 5.04. The Balaban J connectivity index is 1.71. The van der Waals surface area contributed by atoms with Crippen LogP contribution in [0.1, 0.15) is 43.7 Å². The second kappa shape index (κ2) is 6.87. The van der Waals surface area contributed by atoms with Gasteiger partial charge in [-0.25, -0.2) is 12.8 Å². The van der Waals surface area contributed by atoms with Crippen molar-refractivity contribution in [1.29, 1.82) is 0 Å². The quantitative estimate of drug-likeness (QED) is 0.765. The van der Waals surface area contributed by atoms with E-state index in [-0.39, 0.29) is 23.7 Å². The maximum absolute atomic E-state index is 13.1. The summed E-state index contributed by atoms with van der Waals surface area (Å²) in [5.41, 5.74) is 0.872. The van der Waals surface area contributed by atoms with Gasteiger partial charge in [0.25, 0.3) is 0 Å². The van der Waals surface area contributed by atoms with Crippen LogP contribution in [-0.2, 0) is 14.8 Å². The molecule has 1 aliphatic heterocycles. The van der Waals surface area contributed by atoms with Gasteiger partial charge in [-0.05, 0) is 55.7 Å². The van der Waals surface area contributed by atoms with Gasteiger partial charge in [-0.2, -0.15) is 4.31 Å². The molecule has 6 heteroatoms. The summed E-state index contributed by atoms with van der Waals surface area (Å²) in [6, 6.07) is 6.01. The van der Waals surface area contributed by atoms with E-state index in [2.05, 4.69) is 0 Å². The summed E-state index contributed by atoms with van der Waals surface area (Å²) in [6.45, 7) is 0.737. The van der Waals surface area contributed by atoms with Crippen molar-refractivity contribution in [3.63, 3.8) is 0 Å². The van der Waals surface area contributed by atoms with Crippen LogP contribution in [0.2, 0.25) is 0 Å². The van der Waals surface area contributed by atoms with Crippen molar-refractivity contribution < 1.29 is 17.5 Å². The summed E-state index contributed by atoms with van der Waals surface area (Å²) in [4.78, 5) is 0. The van der Waals surface area contributed by atoms with Gasteiger partial charge in [-0.3, -0.25) is 0 Å². The van der Waals surface area contributed by atoms with Crippen molar-refractivity contribution in [2.45, 2.75) is 44.2 Å². The van der Waals surface area contributed by atoms with Crippen LogP contribution in [0, 0.1) is 11.7 Å². The van der Waals surface area contributed by atoms with E-state index in [9.17, 15) is 12.8 Å². The van der Waals surface area contributed by atoms with Crippen molar-refractivity contribution in [3.8, 4) is 0 Å². The van der Waals surface area contributed by atoms with Crippen LogP contribution in [-0.4, -0.2) is 38.2 Å². The zero-order chi connectivity index (χ0) is 16.4. The maximum atomic E-state index is 13.1. The first-order valence-electron chi connectivity index (χ1n) is 8.30. The third-order valence-electron chi connectivity index (χ3n) is 4.83. The number of nitrogens with zero attached hydrogens (tertiary/aromatic N) is 1. The lowest BCUT2D eigenvalue weighted by atomic mass is 10.0. The standard InChI is InChI=1S/C17H24FNO3S/c1-19(23(20,21)12-10-16-3-2-11-22-16)17(13-4-5-13)14-6-8-15(18)9-7-14/h6-9,13,16-17H,2-5,10-12H2,1H3. The predicted octanol–water partition coefficient (Wildman–Crippen LogP) is 3.11. The number of halogens is 1. The van der Waals surface area contributed by atoms with Gasteiger partial charge in [-0.1, -0.05) is 12.1 Å². The van der Waals surface area contributed by atoms with Crippen LogP contribution in [0.15, 0.2) is 24.3 Å². The minimum absolute atomic E-state index is 0.0726. The molecule has 1 aromatic carbocycles. The fourth-order valence-corrected chi connectivity index (χ4v) is 4.81. The van der Waals surface area contributed by atoms with E-state index in [0.717, 1.165) is 37.9 Å². The molecule has 0 radical (unpaired) electrons. The van der Waals surface area contributed by atoms with E-state index in [1.807, 2.05) is 0 Å². The number of hydrogen-bond donors (Lipinski definition) is 0. The van der Waals surface area contributed by atoms with E-state index >= 15 is 0 Å². The molecule has 0 spiro atoms. The molecule has 0 bridgehead atoms. The average molecular weight is 341 g/mol. The molecule has 4 nitrogen and oxygen atoms in total.